The minimum absolute atomic E-state index is 0.220. The second-order valence-electron chi connectivity index (χ2n) is 5.72. The standard InChI is InChI=1S/C17H25N3O/c1-11(2)20-14(5)17(13(4)19-20)18-12(3)15-7-9-16(21-6)10-8-15/h7-12,18H,1-6H3. The lowest BCUT2D eigenvalue weighted by molar-refractivity contribution is 0.414. The van der Waals surface area contributed by atoms with E-state index < -0.39 is 0 Å². The lowest BCUT2D eigenvalue weighted by Gasteiger charge is -2.17. The number of anilines is 1. The third-order valence-electron chi connectivity index (χ3n) is 3.79. The summed E-state index contributed by atoms with van der Waals surface area (Å²) in [5.74, 6) is 0.880. The topological polar surface area (TPSA) is 39.1 Å². The van der Waals surface area contributed by atoms with E-state index in [1.807, 2.05) is 12.1 Å². The number of methoxy groups -OCH3 is 1. The van der Waals surface area contributed by atoms with E-state index in [2.05, 4.69) is 61.8 Å². The highest BCUT2D eigenvalue weighted by molar-refractivity contribution is 5.53. The number of rotatable bonds is 5. The number of hydrogen-bond acceptors (Lipinski definition) is 3. The van der Waals surface area contributed by atoms with E-state index in [0.717, 1.165) is 17.1 Å². The van der Waals surface area contributed by atoms with Gasteiger partial charge in [0, 0.05) is 12.1 Å². The zero-order valence-corrected chi connectivity index (χ0v) is 13.8. The van der Waals surface area contributed by atoms with Gasteiger partial charge in [0.1, 0.15) is 5.75 Å². The van der Waals surface area contributed by atoms with E-state index in [9.17, 15) is 0 Å². The predicted molar refractivity (Wildman–Crippen MR) is 87.1 cm³/mol. The molecule has 1 heterocycles. The van der Waals surface area contributed by atoms with Gasteiger partial charge in [0.2, 0.25) is 0 Å². The van der Waals surface area contributed by atoms with Gasteiger partial charge in [-0.05, 0) is 52.3 Å². The molecule has 1 atom stereocenters. The van der Waals surface area contributed by atoms with E-state index in [-0.39, 0.29) is 6.04 Å². The van der Waals surface area contributed by atoms with Crippen molar-refractivity contribution < 1.29 is 4.74 Å². The average molecular weight is 287 g/mol. The van der Waals surface area contributed by atoms with E-state index >= 15 is 0 Å². The van der Waals surface area contributed by atoms with Crippen molar-refractivity contribution in [2.24, 2.45) is 0 Å². The first-order chi connectivity index (χ1) is 9.93. The molecular formula is C17H25N3O. The number of aromatic nitrogens is 2. The fraction of sp³-hybridized carbons (Fsp3) is 0.471. The molecule has 0 aliphatic carbocycles. The summed E-state index contributed by atoms with van der Waals surface area (Å²) in [6.07, 6.45) is 0. The molecule has 0 aliphatic heterocycles. The van der Waals surface area contributed by atoms with Crippen molar-refractivity contribution in [3.63, 3.8) is 0 Å². The van der Waals surface area contributed by atoms with E-state index in [4.69, 9.17) is 4.74 Å². The summed E-state index contributed by atoms with van der Waals surface area (Å²) < 4.78 is 7.27. The summed E-state index contributed by atoms with van der Waals surface area (Å²) in [4.78, 5) is 0. The monoisotopic (exact) mass is 287 g/mol. The van der Waals surface area contributed by atoms with Gasteiger partial charge in [-0.1, -0.05) is 12.1 Å². The Morgan fingerprint density at radius 1 is 1.10 bits per heavy atom. The maximum Gasteiger partial charge on any atom is 0.118 e. The maximum absolute atomic E-state index is 5.20. The Morgan fingerprint density at radius 2 is 1.71 bits per heavy atom. The first kappa shape index (κ1) is 15.4. The Balaban J connectivity index is 2.20. The first-order valence-electron chi connectivity index (χ1n) is 7.40. The van der Waals surface area contributed by atoms with Crippen molar-refractivity contribution in [2.45, 2.75) is 46.7 Å². The number of nitrogens with zero attached hydrogens (tertiary/aromatic N) is 2. The molecule has 0 fully saturated rings. The van der Waals surface area contributed by atoms with Gasteiger partial charge >= 0.3 is 0 Å². The highest BCUT2D eigenvalue weighted by Crippen LogP contribution is 2.27. The van der Waals surface area contributed by atoms with Gasteiger partial charge in [0.25, 0.3) is 0 Å². The zero-order chi connectivity index (χ0) is 15.6. The molecule has 0 bridgehead atoms. The molecule has 1 N–H and O–H groups in total. The van der Waals surface area contributed by atoms with Gasteiger partial charge < -0.3 is 10.1 Å². The Kier molecular flexibility index (Phi) is 4.56. The van der Waals surface area contributed by atoms with Crippen LogP contribution in [0.15, 0.2) is 24.3 Å². The molecule has 4 heteroatoms. The van der Waals surface area contributed by atoms with E-state index in [1.165, 1.54) is 11.3 Å². The number of benzene rings is 1. The molecule has 4 nitrogen and oxygen atoms in total. The normalized spacial score (nSPS) is 12.5. The second-order valence-corrected chi connectivity index (χ2v) is 5.72. The molecule has 0 spiro atoms. The van der Waals surface area contributed by atoms with Crippen LogP contribution >= 0.6 is 0 Å². The number of aryl methyl sites for hydroxylation is 1. The molecule has 1 unspecified atom stereocenters. The van der Waals surface area contributed by atoms with E-state index in [1.54, 1.807) is 7.11 Å². The van der Waals surface area contributed by atoms with Crippen LogP contribution in [0.2, 0.25) is 0 Å². The molecule has 0 saturated carbocycles. The van der Waals surface area contributed by atoms with Crippen LogP contribution in [0.4, 0.5) is 5.69 Å². The van der Waals surface area contributed by atoms with Crippen LogP contribution in [0.1, 0.15) is 49.8 Å². The summed E-state index contributed by atoms with van der Waals surface area (Å²) in [5.41, 5.74) is 4.59. The predicted octanol–water partition coefficient (Wildman–Crippen LogP) is 4.26. The molecule has 0 aliphatic rings. The van der Waals surface area contributed by atoms with Crippen molar-refractivity contribution in [3.8, 4) is 5.75 Å². The Bertz CT molecular complexity index is 599. The van der Waals surface area contributed by atoms with Crippen LogP contribution in [0.5, 0.6) is 5.75 Å². The van der Waals surface area contributed by atoms with Crippen LogP contribution in [0.25, 0.3) is 0 Å². The summed E-state index contributed by atoms with van der Waals surface area (Å²) in [6, 6.07) is 8.76. The largest absolute Gasteiger partial charge is 0.497 e. The van der Waals surface area contributed by atoms with Crippen LogP contribution < -0.4 is 10.1 Å². The molecule has 1 aromatic heterocycles. The SMILES string of the molecule is COc1ccc(C(C)Nc2c(C)nn(C(C)C)c2C)cc1. The van der Waals surface area contributed by atoms with Crippen LogP contribution in [-0.4, -0.2) is 16.9 Å². The number of hydrogen-bond donors (Lipinski definition) is 1. The molecular weight excluding hydrogens is 262 g/mol. The Hall–Kier alpha value is -1.97. The Morgan fingerprint density at radius 3 is 2.19 bits per heavy atom. The van der Waals surface area contributed by atoms with Gasteiger partial charge in [0.15, 0.2) is 0 Å². The zero-order valence-electron chi connectivity index (χ0n) is 13.8. The first-order valence-corrected chi connectivity index (χ1v) is 7.40. The lowest BCUT2D eigenvalue weighted by Crippen LogP contribution is -2.09. The minimum Gasteiger partial charge on any atom is -0.497 e. The van der Waals surface area contributed by atoms with Crippen molar-refractivity contribution in [1.82, 2.24) is 9.78 Å². The summed E-state index contributed by atoms with van der Waals surface area (Å²) in [6.45, 7) is 10.6. The van der Waals surface area contributed by atoms with Crippen LogP contribution in [-0.2, 0) is 0 Å². The van der Waals surface area contributed by atoms with Crippen molar-refractivity contribution >= 4 is 5.69 Å². The minimum atomic E-state index is 0.220. The summed E-state index contributed by atoms with van der Waals surface area (Å²) >= 11 is 0. The summed E-state index contributed by atoms with van der Waals surface area (Å²) in [7, 11) is 1.68. The molecule has 2 rings (SSSR count). The molecule has 0 saturated heterocycles. The second kappa shape index (κ2) is 6.20. The number of nitrogens with one attached hydrogen (secondary N) is 1. The van der Waals surface area contributed by atoms with Crippen molar-refractivity contribution in [1.29, 1.82) is 0 Å². The van der Waals surface area contributed by atoms with Gasteiger partial charge in [-0.25, -0.2) is 0 Å². The van der Waals surface area contributed by atoms with E-state index in [0.29, 0.717) is 6.04 Å². The third-order valence-corrected chi connectivity index (χ3v) is 3.79. The maximum atomic E-state index is 5.20. The quantitative estimate of drug-likeness (QED) is 0.893. The van der Waals surface area contributed by atoms with Gasteiger partial charge in [-0.3, -0.25) is 4.68 Å². The average Bonchev–Trinajstić information content (AvgIpc) is 2.75. The van der Waals surface area contributed by atoms with Crippen LogP contribution in [0.3, 0.4) is 0 Å². The fourth-order valence-corrected chi connectivity index (χ4v) is 2.57. The fourth-order valence-electron chi connectivity index (χ4n) is 2.57. The van der Waals surface area contributed by atoms with Crippen LogP contribution in [0, 0.1) is 13.8 Å². The molecule has 2 aromatic rings. The Labute approximate surface area is 127 Å². The highest BCUT2D eigenvalue weighted by Gasteiger charge is 2.15. The third kappa shape index (κ3) is 3.20. The highest BCUT2D eigenvalue weighted by atomic mass is 16.5. The smallest absolute Gasteiger partial charge is 0.118 e. The molecule has 0 radical (unpaired) electrons. The van der Waals surface area contributed by atoms with Gasteiger partial charge in [-0.15, -0.1) is 0 Å². The lowest BCUT2D eigenvalue weighted by atomic mass is 10.1. The summed E-state index contributed by atoms with van der Waals surface area (Å²) in [5, 5.41) is 8.20. The molecule has 21 heavy (non-hydrogen) atoms. The molecule has 1 aromatic carbocycles. The molecule has 114 valence electrons. The molecule has 0 amide bonds. The number of ether oxygens (including phenoxy) is 1. The van der Waals surface area contributed by atoms with Crippen molar-refractivity contribution in [3.05, 3.63) is 41.2 Å². The van der Waals surface area contributed by atoms with Crippen molar-refractivity contribution in [2.75, 3.05) is 12.4 Å². The van der Waals surface area contributed by atoms with Gasteiger partial charge in [-0.2, -0.15) is 5.10 Å². The van der Waals surface area contributed by atoms with Gasteiger partial charge in [0.05, 0.1) is 24.2 Å².